The number of nitrogens with two attached hydrogens (primary N) is 1. The van der Waals surface area contributed by atoms with Gasteiger partial charge in [0.1, 0.15) is 0 Å². The first kappa shape index (κ1) is 8.09. The Bertz CT molecular complexity index is 310. The molecular weight excluding hydrogens is 170 g/mol. The number of benzene rings is 1. The fourth-order valence-electron chi connectivity index (χ4n) is 2.40. The largest absolute Gasteiger partial charge is 0.327 e. The average Bonchev–Trinajstić information content (AvgIpc) is 2.55. The highest BCUT2D eigenvalue weighted by molar-refractivity contribution is 5.85. The first-order valence-electron chi connectivity index (χ1n) is 4.21. The van der Waals surface area contributed by atoms with Gasteiger partial charge in [0.2, 0.25) is 0 Å². The Morgan fingerprint density at radius 1 is 1.25 bits per heavy atom. The van der Waals surface area contributed by atoms with Crippen molar-refractivity contribution in [2.45, 2.75) is 18.4 Å². The summed E-state index contributed by atoms with van der Waals surface area (Å²) in [5, 5.41) is 0. The average molecular weight is 182 g/mol. The topological polar surface area (TPSA) is 26.0 Å². The van der Waals surface area contributed by atoms with Crippen molar-refractivity contribution in [1.29, 1.82) is 0 Å². The summed E-state index contributed by atoms with van der Waals surface area (Å²) >= 11 is 0. The maximum Gasteiger partial charge on any atom is 0.0149 e. The van der Waals surface area contributed by atoms with E-state index in [2.05, 4.69) is 24.3 Å². The Morgan fingerprint density at radius 3 is 2.83 bits per heavy atom. The second-order valence-electron chi connectivity index (χ2n) is 3.67. The number of rotatable bonds is 0. The molecule has 12 heavy (non-hydrogen) atoms. The molecule has 1 saturated carbocycles. The SMILES string of the molecule is Cl.N[C@@H]1[C@H]2Cc3ccccc3[C@@H]12. The van der Waals surface area contributed by atoms with Crippen molar-refractivity contribution < 1.29 is 0 Å². The maximum atomic E-state index is 5.89. The van der Waals surface area contributed by atoms with Crippen LogP contribution in [0.5, 0.6) is 0 Å². The van der Waals surface area contributed by atoms with Gasteiger partial charge in [-0.3, -0.25) is 0 Å². The molecule has 0 radical (unpaired) electrons. The van der Waals surface area contributed by atoms with E-state index in [1.807, 2.05) is 0 Å². The molecule has 2 aliphatic rings. The molecule has 1 aromatic rings. The van der Waals surface area contributed by atoms with Crippen molar-refractivity contribution in [3.63, 3.8) is 0 Å². The predicted octanol–water partition coefficient (Wildman–Crippen LogP) is 1.71. The normalized spacial score (nSPS) is 34.9. The summed E-state index contributed by atoms with van der Waals surface area (Å²) in [6.07, 6.45) is 1.22. The highest BCUT2D eigenvalue weighted by Gasteiger charge is 2.53. The van der Waals surface area contributed by atoms with Gasteiger partial charge in [-0.1, -0.05) is 24.3 Å². The zero-order valence-electron chi connectivity index (χ0n) is 6.73. The van der Waals surface area contributed by atoms with Crippen LogP contribution in [0.1, 0.15) is 17.0 Å². The van der Waals surface area contributed by atoms with Gasteiger partial charge in [-0.2, -0.15) is 0 Å². The lowest BCUT2D eigenvalue weighted by Crippen LogP contribution is -2.08. The van der Waals surface area contributed by atoms with E-state index < -0.39 is 0 Å². The molecule has 0 aliphatic heterocycles. The Balaban J connectivity index is 0.000000563. The maximum absolute atomic E-state index is 5.89. The van der Waals surface area contributed by atoms with Crippen molar-refractivity contribution in [2.24, 2.45) is 11.7 Å². The van der Waals surface area contributed by atoms with E-state index in [9.17, 15) is 0 Å². The van der Waals surface area contributed by atoms with Crippen molar-refractivity contribution in [3.8, 4) is 0 Å². The van der Waals surface area contributed by atoms with Gasteiger partial charge in [-0.15, -0.1) is 12.4 Å². The van der Waals surface area contributed by atoms with Gasteiger partial charge >= 0.3 is 0 Å². The van der Waals surface area contributed by atoms with Crippen molar-refractivity contribution in [1.82, 2.24) is 0 Å². The molecule has 3 rings (SSSR count). The summed E-state index contributed by atoms with van der Waals surface area (Å²) < 4.78 is 0. The van der Waals surface area contributed by atoms with Crippen LogP contribution >= 0.6 is 12.4 Å². The number of halogens is 1. The van der Waals surface area contributed by atoms with Gasteiger partial charge in [0, 0.05) is 12.0 Å². The van der Waals surface area contributed by atoms with E-state index in [0.29, 0.717) is 12.0 Å². The van der Waals surface area contributed by atoms with Gasteiger partial charge in [0.05, 0.1) is 0 Å². The Hall–Kier alpha value is -0.530. The van der Waals surface area contributed by atoms with Crippen LogP contribution in [0.25, 0.3) is 0 Å². The molecule has 1 nitrogen and oxygen atoms in total. The third-order valence-electron chi connectivity index (χ3n) is 3.10. The zero-order valence-corrected chi connectivity index (χ0v) is 7.55. The van der Waals surface area contributed by atoms with Crippen LogP contribution in [-0.4, -0.2) is 6.04 Å². The predicted molar refractivity (Wildman–Crippen MR) is 51.6 cm³/mol. The van der Waals surface area contributed by atoms with E-state index in [1.165, 1.54) is 17.5 Å². The summed E-state index contributed by atoms with van der Waals surface area (Å²) in [6.45, 7) is 0. The van der Waals surface area contributed by atoms with Gasteiger partial charge in [0.25, 0.3) is 0 Å². The van der Waals surface area contributed by atoms with E-state index in [1.54, 1.807) is 0 Å². The Morgan fingerprint density at radius 2 is 2.00 bits per heavy atom. The molecule has 0 unspecified atom stereocenters. The Kier molecular flexibility index (Phi) is 1.67. The molecular formula is C10H12ClN. The summed E-state index contributed by atoms with van der Waals surface area (Å²) in [7, 11) is 0. The molecule has 3 atom stereocenters. The smallest absolute Gasteiger partial charge is 0.0149 e. The summed E-state index contributed by atoms with van der Waals surface area (Å²) in [6, 6.07) is 9.17. The standard InChI is InChI=1S/C10H11N.ClH/c11-10-8-5-6-3-1-2-4-7(6)9(8)10;/h1-4,8-10H,5,11H2;1H/t8-,9+,10+;/m0./s1. The minimum absolute atomic E-state index is 0. The third-order valence-corrected chi connectivity index (χ3v) is 3.10. The van der Waals surface area contributed by atoms with E-state index >= 15 is 0 Å². The molecule has 0 aromatic heterocycles. The molecule has 2 heteroatoms. The lowest BCUT2D eigenvalue weighted by Gasteiger charge is -2.02. The van der Waals surface area contributed by atoms with Crippen LogP contribution in [0.3, 0.4) is 0 Å². The van der Waals surface area contributed by atoms with Crippen LogP contribution < -0.4 is 5.73 Å². The summed E-state index contributed by atoms with van der Waals surface area (Å²) in [5.41, 5.74) is 8.94. The monoisotopic (exact) mass is 181 g/mol. The summed E-state index contributed by atoms with van der Waals surface area (Å²) in [4.78, 5) is 0. The van der Waals surface area contributed by atoms with Crippen LogP contribution in [0.15, 0.2) is 24.3 Å². The second kappa shape index (κ2) is 2.48. The lowest BCUT2D eigenvalue weighted by molar-refractivity contribution is 0.801. The minimum atomic E-state index is 0. The number of hydrogen-bond acceptors (Lipinski definition) is 1. The zero-order chi connectivity index (χ0) is 7.42. The van der Waals surface area contributed by atoms with Crippen molar-refractivity contribution >= 4 is 12.4 Å². The summed E-state index contributed by atoms with van der Waals surface area (Å²) in [5.74, 6) is 1.50. The molecule has 0 spiro atoms. The van der Waals surface area contributed by atoms with E-state index in [4.69, 9.17) is 5.73 Å². The van der Waals surface area contributed by atoms with Crippen LogP contribution in [0.4, 0.5) is 0 Å². The quantitative estimate of drug-likeness (QED) is 0.648. The fourth-order valence-corrected chi connectivity index (χ4v) is 2.40. The first-order valence-corrected chi connectivity index (χ1v) is 4.21. The highest BCUT2D eigenvalue weighted by Crippen LogP contribution is 2.54. The van der Waals surface area contributed by atoms with Gasteiger partial charge in [0.15, 0.2) is 0 Å². The molecule has 0 saturated heterocycles. The lowest BCUT2D eigenvalue weighted by atomic mass is 10.1. The van der Waals surface area contributed by atoms with Crippen LogP contribution in [0.2, 0.25) is 0 Å². The second-order valence-corrected chi connectivity index (χ2v) is 3.67. The third kappa shape index (κ3) is 0.838. The molecule has 0 bridgehead atoms. The van der Waals surface area contributed by atoms with Gasteiger partial charge in [-0.05, 0) is 23.5 Å². The molecule has 1 fully saturated rings. The van der Waals surface area contributed by atoms with Crippen molar-refractivity contribution in [2.75, 3.05) is 0 Å². The highest BCUT2D eigenvalue weighted by atomic mass is 35.5. The van der Waals surface area contributed by atoms with Gasteiger partial charge < -0.3 is 5.73 Å². The molecule has 1 aromatic carbocycles. The van der Waals surface area contributed by atoms with Gasteiger partial charge in [-0.25, -0.2) is 0 Å². The number of fused-ring (bicyclic) bond motifs is 3. The molecule has 0 amide bonds. The van der Waals surface area contributed by atoms with E-state index in [0.717, 1.165) is 5.92 Å². The fraction of sp³-hybridized carbons (Fsp3) is 0.400. The van der Waals surface area contributed by atoms with Crippen molar-refractivity contribution in [3.05, 3.63) is 35.4 Å². The molecule has 0 heterocycles. The molecule has 2 aliphatic carbocycles. The van der Waals surface area contributed by atoms with E-state index in [-0.39, 0.29) is 12.4 Å². The molecule has 64 valence electrons. The molecule has 2 N–H and O–H groups in total. The van der Waals surface area contributed by atoms with Crippen LogP contribution in [0, 0.1) is 5.92 Å². The van der Waals surface area contributed by atoms with Crippen LogP contribution in [-0.2, 0) is 6.42 Å². The Labute approximate surface area is 78.4 Å². The number of hydrogen-bond donors (Lipinski definition) is 1. The minimum Gasteiger partial charge on any atom is -0.327 e. The first-order chi connectivity index (χ1) is 5.38.